The third-order valence-electron chi connectivity index (χ3n) is 5.26. The van der Waals surface area contributed by atoms with E-state index in [9.17, 15) is 19.2 Å². The van der Waals surface area contributed by atoms with Crippen LogP contribution in [0.15, 0.2) is 60.7 Å². The minimum absolute atomic E-state index is 0.0696. The lowest BCUT2D eigenvalue weighted by Crippen LogP contribution is -2.30. The quantitative estimate of drug-likeness (QED) is 0.617. The van der Waals surface area contributed by atoms with E-state index < -0.39 is 11.9 Å². The molecule has 2 atom stereocenters. The zero-order chi connectivity index (χ0) is 20.5. The first-order valence-corrected chi connectivity index (χ1v) is 9.23. The van der Waals surface area contributed by atoms with E-state index in [2.05, 4.69) is 5.32 Å². The minimum Gasteiger partial charge on any atom is -0.478 e. The Kier molecular flexibility index (Phi) is 4.72. The van der Waals surface area contributed by atoms with Gasteiger partial charge in [-0.05, 0) is 55.3 Å². The Morgan fingerprint density at radius 3 is 2.10 bits per heavy atom. The standard InChI is InChI=1S/C22H18N2O5/c25-19(23-15-5-3-4-14(12-15)22(28)29)13-8-10-16(11-9-13)24-20(26)17-6-1-2-7-18(17)21(24)27/h1-5,8-12,17-18H,6-7H2,(H,23,25)(H,28,29)/t17-,18-/m0/s1. The highest BCUT2D eigenvalue weighted by atomic mass is 16.4. The van der Waals surface area contributed by atoms with Crippen LogP contribution in [-0.2, 0) is 9.59 Å². The molecule has 2 aromatic carbocycles. The van der Waals surface area contributed by atoms with Crippen LogP contribution in [0.5, 0.6) is 0 Å². The summed E-state index contributed by atoms with van der Waals surface area (Å²) in [5.74, 6) is -2.52. The largest absolute Gasteiger partial charge is 0.478 e. The summed E-state index contributed by atoms with van der Waals surface area (Å²) in [5.41, 5.74) is 1.20. The van der Waals surface area contributed by atoms with Crippen LogP contribution in [0.1, 0.15) is 33.6 Å². The molecule has 2 aliphatic rings. The second kappa shape index (κ2) is 7.35. The van der Waals surface area contributed by atoms with E-state index in [0.717, 1.165) is 0 Å². The highest BCUT2D eigenvalue weighted by Crippen LogP contribution is 2.37. The number of carbonyl (C=O) groups is 4. The molecule has 0 saturated carbocycles. The Morgan fingerprint density at radius 1 is 0.897 bits per heavy atom. The summed E-state index contributed by atoms with van der Waals surface area (Å²) in [6, 6.07) is 12.2. The molecule has 2 aromatic rings. The average Bonchev–Trinajstić information content (AvgIpc) is 2.99. The molecule has 1 aliphatic heterocycles. The van der Waals surface area contributed by atoms with Crippen molar-refractivity contribution in [1.29, 1.82) is 0 Å². The van der Waals surface area contributed by atoms with Gasteiger partial charge in [0.05, 0.1) is 23.1 Å². The number of amides is 3. The molecule has 7 heteroatoms. The molecule has 7 nitrogen and oxygen atoms in total. The van der Waals surface area contributed by atoms with Crippen molar-refractivity contribution in [2.45, 2.75) is 12.8 Å². The van der Waals surface area contributed by atoms with Crippen LogP contribution in [0, 0.1) is 11.8 Å². The van der Waals surface area contributed by atoms with Crippen molar-refractivity contribution in [3.63, 3.8) is 0 Å². The third kappa shape index (κ3) is 3.42. The number of nitrogens with one attached hydrogen (secondary N) is 1. The fourth-order valence-electron chi connectivity index (χ4n) is 3.75. The van der Waals surface area contributed by atoms with Gasteiger partial charge in [0.25, 0.3) is 5.91 Å². The first kappa shape index (κ1) is 18.6. The van der Waals surface area contributed by atoms with Gasteiger partial charge < -0.3 is 10.4 Å². The van der Waals surface area contributed by atoms with Crippen molar-refractivity contribution in [2.24, 2.45) is 11.8 Å². The minimum atomic E-state index is -1.08. The second-order valence-electron chi connectivity index (χ2n) is 7.05. The van der Waals surface area contributed by atoms with Crippen molar-refractivity contribution in [3.05, 3.63) is 71.8 Å². The third-order valence-corrected chi connectivity index (χ3v) is 5.26. The number of allylic oxidation sites excluding steroid dienone is 2. The van der Waals surface area contributed by atoms with E-state index in [4.69, 9.17) is 5.11 Å². The number of aromatic carboxylic acids is 1. The van der Waals surface area contributed by atoms with Crippen LogP contribution >= 0.6 is 0 Å². The smallest absolute Gasteiger partial charge is 0.335 e. The highest BCUT2D eigenvalue weighted by molar-refractivity contribution is 6.22. The van der Waals surface area contributed by atoms with Gasteiger partial charge in [-0.2, -0.15) is 0 Å². The summed E-state index contributed by atoms with van der Waals surface area (Å²) < 4.78 is 0. The fourth-order valence-corrected chi connectivity index (χ4v) is 3.75. The van der Waals surface area contributed by atoms with Gasteiger partial charge in [-0.25, -0.2) is 4.79 Å². The Balaban J connectivity index is 1.50. The maximum absolute atomic E-state index is 12.6. The van der Waals surface area contributed by atoms with Gasteiger partial charge in [0.1, 0.15) is 0 Å². The molecule has 0 radical (unpaired) electrons. The van der Waals surface area contributed by atoms with Gasteiger partial charge in [0, 0.05) is 11.3 Å². The van der Waals surface area contributed by atoms with Crippen LogP contribution in [0.4, 0.5) is 11.4 Å². The summed E-state index contributed by atoms with van der Waals surface area (Å²) in [6.45, 7) is 0. The van der Waals surface area contributed by atoms with Crippen LogP contribution in [0.25, 0.3) is 0 Å². The monoisotopic (exact) mass is 390 g/mol. The molecule has 0 aromatic heterocycles. The lowest BCUT2D eigenvalue weighted by molar-refractivity contribution is -0.122. The van der Waals surface area contributed by atoms with Crippen molar-refractivity contribution in [1.82, 2.24) is 0 Å². The molecule has 4 rings (SSSR count). The lowest BCUT2D eigenvalue weighted by Gasteiger charge is -2.15. The average molecular weight is 390 g/mol. The predicted octanol–water partition coefficient (Wildman–Crippen LogP) is 3.09. The first-order valence-electron chi connectivity index (χ1n) is 9.23. The number of anilines is 2. The number of carboxylic acid groups (broad SMARTS) is 1. The molecule has 0 spiro atoms. The lowest BCUT2D eigenvalue weighted by atomic mass is 9.85. The van der Waals surface area contributed by atoms with Gasteiger partial charge in [-0.1, -0.05) is 18.2 Å². The molecule has 0 bridgehead atoms. The molecule has 1 saturated heterocycles. The predicted molar refractivity (Wildman–Crippen MR) is 106 cm³/mol. The van der Waals surface area contributed by atoms with Crippen molar-refractivity contribution in [3.8, 4) is 0 Å². The number of nitrogens with zero attached hydrogens (tertiary/aromatic N) is 1. The summed E-state index contributed by atoms with van der Waals surface area (Å²) in [6.07, 6.45) is 5.01. The van der Waals surface area contributed by atoms with Crippen LogP contribution < -0.4 is 10.2 Å². The number of imide groups is 1. The molecule has 146 valence electrons. The molecule has 3 amide bonds. The summed E-state index contributed by atoms with van der Waals surface area (Å²) >= 11 is 0. The van der Waals surface area contributed by atoms with E-state index in [1.54, 1.807) is 24.3 Å². The maximum atomic E-state index is 12.6. The number of rotatable bonds is 4. The topological polar surface area (TPSA) is 104 Å². The SMILES string of the molecule is O=C(O)c1cccc(NC(=O)c2ccc(N3C(=O)[C@H]4CC=CC[C@@H]4C3=O)cc2)c1. The van der Waals surface area contributed by atoms with Crippen molar-refractivity contribution < 1.29 is 24.3 Å². The van der Waals surface area contributed by atoms with Crippen LogP contribution in [-0.4, -0.2) is 28.8 Å². The number of fused-ring (bicyclic) bond motifs is 1. The number of carboxylic acids is 1. The molecule has 1 aliphatic carbocycles. The molecule has 2 N–H and O–H groups in total. The highest BCUT2D eigenvalue weighted by Gasteiger charge is 2.47. The zero-order valence-electron chi connectivity index (χ0n) is 15.4. The van der Waals surface area contributed by atoms with E-state index >= 15 is 0 Å². The van der Waals surface area contributed by atoms with Gasteiger partial charge in [0.2, 0.25) is 11.8 Å². The zero-order valence-corrected chi connectivity index (χ0v) is 15.4. The number of hydrogen-bond acceptors (Lipinski definition) is 4. The normalized spacial score (nSPS) is 20.5. The van der Waals surface area contributed by atoms with Crippen LogP contribution in [0.2, 0.25) is 0 Å². The molecule has 1 heterocycles. The maximum Gasteiger partial charge on any atom is 0.335 e. The second-order valence-corrected chi connectivity index (χ2v) is 7.05. The molecular formula is C22H18N2O5. The van der Waals surface area contributed by atoms with Gasteiger partial charge in [-0.15, -0.1) is 0 Å². The van der Waals surface area contributed by atoms with E-state index in [1.807, 2.05) is 12.2 Å². The van der Waals surface area contributed by atoms with E-state index in [1.165, 1.54) is 29.2 Å². The van der Waals surface area contributed by atoms with Crippen molar-refractivity contribution >= 4 is 35.1 Å². The summed E-state index contributed by atoms with van der Waals surface area (Å²) in [4.78, 5) is 50.0. The molecule has 0 unspecified atom stereocenters. The summed E-state index contributed by atoms with van der Waals surface area (Å²) in [7, 11) is 0. The Labute approximate surface area is 166 Å². The number of hydrogen-bond donors (Lipinski definition) is 2. The van der Waals surface area contributed by atoms with E-state index in [0.29, 0.717) is 29.8 Å². The van der Waals surface area contributed by atoms with Gasteiger partial charge >= 0.3 is 5.97 Å². The molecule has 29 heavy (non-hydrogen) atoms. The Bertz CT molecular complexity index is 1020. The van der Waals surface area contributed by atoms with E-state index in [-0.39, 0.29) is 29.2 Å². The number of benzene rings is 2. The Hall–Kier alpha value is -3.74. The summed E-state index contributed by atoms with van der Waals surface area (Å²) in [5, 5.41) is 11.7. The molecular weight excluding hydrogens is 372 g/mol. The van der Waals surface area contributed by atoms with Gasteiger partial charge in [0.15, 0.2) is 0 Å². The molecule has 1 fully saturated rings. The fraction of sp³-hybridized carbons (Fsp3) is 0.182. The number of carbonyl (C=O) groups excluding carboxylic acids is 3. The van der Waals surface area contributed by atoms with Gasteiger partial charge in [-0.3, -0.25) is 19.3 Å². The Morgan fingerprint density at radius 2 is 1.52 bits per heavy atom. The first-order chi connectivity index (χ1) is 14.0. The van der Waals surface area contributed by atoms with Crippen molar-refractivity contribution in [2.75, 3.05) is 10.2 Å². The van der Waals surface area contributed by atoms with Crippen LogP contribution in [0.3, 0.4) is 0 Å².